The van der Waals surface area contributed by atoms with Crippen LogP contribution in [-0.4, -0.2) is 27.9 Å². The molecule has 2 bridgehead atoms. The maximum atomic E-state index is 11.1. The Bertz CT molecular complexity index is 477. The molecule has 5 nitrogen and oxygen atoms in total. The number of nitro benzene ring substituents is 1. The number of para-hydroxylation sites is 1. The average Bonchev–Trinajstić information content (AvgIpc) is 2.62. The summed E-state index contributed by atoms with van der Waals surface area (Å²) in [4.78, 5) is 13.2. The van der Waals surface area contributed by atoms with E-state index < -0.39 is 0 Å². The van der Waals surface area contributed by atoms with Gasteiger partial charge in [0.25, 0.3) is 5.69 Å². The number of nitrogens with two attached hydrogens (primary N) is 1. The van der Waals surface area contributed by atoms with E-state index in [4.69, 9.17) is 5.73 Å². The molecule has 1 aromatic rings. The molecule has 0 amide bonds. The highest BCUT2D eigenvalue weighted by atomic mass is 16.6. The van der Waals surface area contributed by atoms with Crippen LogP contribution >= 0.6 is 0 Å². The van der Waals surface area contributed by atoms with Crippen molar-refractivity contribution in [3.8, 4) is 0 Å². The first-order chi connectivity index (χ1) is 9.15. The lowest BCUT2D eigenvalue weighted by Crippen LogP contribution is -2.46. The predicted octanol–water partition coefficient (Wildman–Crippen LogP) is 2.05. The molecule has 0 aliphatic carbocycles. The summed E-state index contributed by atoms with van der Waals surface area (Å²) in [5.41, 5.74) is 7.11. The molecule has 0 saturated carbocycles. The van der Waals surface area contributed by atoms with Crippen LogP contribution in [0.25, 0.3) is 0 Å². The number of benzene rings is 1. The molecule has 2 aliphatic rings. The molecule has 2 aliphatic heterocycles. The summed E-state index contributed by atoms with van der Waals surface area (Å²) in [7, 11) is 0. The van der Waals surface area contributed by atoms with Crippen molar-refractivity contribution in [1.29, 1.82) is 0 Å². The third-order valence-corrected chi connectivity index (χ3v) is 4.46. The van der Waals surface area contributed by atoms with Gasteiger partial charge in [-0.15, -0.1) is 0 Å². The Morgan fingerprint density at radius 1 is 1.26 bits per heavy atom. The standard InChI is InChI=1S/C14H19N3O2/c15-11-7-12-5-6-13(8-11)16(12)9-10-3-1-2-4-14(10)17(18)19/h1-4,11-13H,5-9,15H2. The lowest BCUT2D eigenvalue weighted by molar-refractivity contribution is -0.385. The number of hydrogen-bond donors (Lipinski definition) is 1. The van der Waals surface area contributed by atoms with Crippen molar-refractivity contribution < 1.29 is 4.92 Å². The van der Waals surface area contributed by atoms with Gasteiger partial charge in [-0.05, 0) is 25.7 Å². The van der Waals surface area contributed by atoms with E-state index >= 15 is 0 Å². The summed E-state index contributed by atoms with van der Waals surface area (Å²) in [5, 5.41) is 11.1. The largest absolute Gasteiger partial charge is 0.328 e. The SMILES string of the molecule is NC1CC2CCC(C1)N2Cc1ccccc1[N+](=O)[O-]. The minimum atomic E-state index is -0.285. The van der Waals surface area contributed by atoms with Crippen molar-refractivity contribution in [3.63, 3.8) is 0 Å². The van der Waals surface area contributed by atoms with E-state index in [1.54, 1.807) is 12.1 Å². The fourth-order valence-electron chi connectivity index (χ4n) is 3.59. The normalized spacial score (nSPS) is 30.5. The molecule has 1 aromatic carbocycles. The second-order valence-electron chi connectivity index (χ2n) is 5.67. The highest BCUT2D eigenvalue weighted by molar-refractivity contribution is 5.39. The fourth-order valence-corrected chi connectivity index (χ4v) is 3.59. The quantitative estimate of drug-likeness (QED) is 0.667. The lowest BCUT2D eigenvalue weighted by atomic mass is 9.97. The molecule has 5 heteroatoms. The van der Waals surface area contributed by atoms with Gasteiger partial charge in [-0.3, -0.25) is 15.0 Å². The Labute approximate surface area is 112 Å². The van der Waals surface area contributed by atoms with Crippen LogP contribution in [0.3, 0.4) is 0 Å². The zero-order valence-electron chi connectivity index (χ0n) is 10.9. The summed E-state index contributed by atoms with van der Waals surface area (Å²) in [6, 6.07) is 8.38. The Balaban J connectivity index is 1.81. The Morgan fingerprint density at radius 3 is 2.53 bits per heavy atom. The fraction of sp³-hybridized carbons (Fsp3) is 0.571. The van der Waals surface area contributed by atoms with Crippen molar-refractivity contribution in [2.24, 2.45) is 5.73 Å². The van der Waals surface area contributed by atoms with Gasteiger partial charge in [0.2, 0.25) is 0 Å². The van der Waals surface area contributed by atoms with Crippen LogP contribution < -0.4 is 5.73 Å². The van der Waals surface area contributed by atoms with Crippen LogP contribution in [0.5, 0.6) is 0 Å². The molecule has 2 heterocycles. The molecule has 0 radical (unpaired) electrons. The first-order valence-corrected chi connectivity index (χ1v) is 6.89. The molecule has 102 valence electrons. The smallest absolute Gasteiger partial charge is 0.273 e. The summed E-state index contributed by atoms with van der Waals surface area (Å²) in [6.45, 7) is 0.680. The van der Waals surface area contributed by atoms with Gasteiger partial charge in [0.05, 0.1) is 4.92 Å². The van der Waals surface area contributed by atoms with Gasteiger partial charge in [0, 0.05) is 36.3 Å². The van der Waals surface area contributed by atoms with E-state index in [-0.39, 0.29) is 10.6 Å². The summed E-state index contributed by atoms with van der Waals surface area (Å²) in [6.07, 6.45) is 4.41. The minimum absolute atomic E-state index is 0.233. The van der Waals surface area contributed by atoms with E-state index in [0.717, 1.165) is 18.4 Å². The van der Waals surface area contributed by atoms with Gasteiger partial charge in [-0.25, -0.2) is 0 Å². The molecule has 19 heavy (non-hydrogen) atoms. The van der Waals surface area contributed by atoms with Crippen LogP contribution in [0.2, 0.25) is 0 Å². The first kappa shape index (κ1) is 12.6. The van der Waals surface area contributed by atoms with Crippen molar-refractivity contribution in [2.75, 3.05) is 0 Å². The number of piperidine rings is 1. The Kier molecular flexibility index (Phi) is 3.24. The van der Waals surface area contributed by atoms with Crippen LogP contribution in [-0.2, 0) is 6.54 Å². The van der Waals surface area contributed by atoms with Crippen LogP contribution in [0.1, 0.15) is 31.2 Å². The lowest BCUT2D eigenvalue weighted by Gasteiger charge is -2.37. The molecule has 3 rings (SSSR count). The topological polar surface area (TPSA) is 72.4 Å². The highest BCUT2D eigenvalue weighted by Gasteiger charge is 2.39. The van der Waals surface area contributed by atoms with Gasteiger partial charge < -0.3 is 5.73 Å². The van der Waals surface area contributed by atoms with E-state index in [1.807, 2.05) is 12.1 Å². The summed E-state index contributed by atoms with van der Waals surface area (Å²) in [5.74, 6) is 0. The molecule has 2 atom stereocenters. The Hall–Kier alpha value is -1.46. The second-order valence-corrected chi connectivity index (χ2v) is 5.67. The first-order valence-electron chi connectivity index (χ1n) is 6.89. The third kappa shape index (κ3) is 2.35. The van der Waals surface area contributed by atoms with E-state index in [2.05, 4.69) is 4.90 Å². The molecular formula is C14H19N3O2. The molecule has 0 aromatic heterocycles. The van der Waals surface area contributed by atoms with Crippen LogP contribution in [0, 0.1) is 10.1 Å². The zero-order valence-corrected chi connectivity index (χ0v) is 10.9. The van der Waals surface area contributed by atoms with Gasteiger partial charge in [-0.1, -0.05) is 18.2 Å². The number of nitro groups is 1. The number of rotatable bonds is 3. The maximum absolute atomic E-state index is 11.1. The van der Waals surface area contributed by atoms with Gasteiger partial charge >= 0.3 is 0 Å². The second kappa shape index (κ2) is 4.90. The van der Waals surface area contributed by atoms with Crippen molar-refractivity contribution in [2.45, 2.75) is 50.4 Å². The van der Waals surface area contributed by atoms with Gasteiger partial charge in [-0.2, -0.15) is 0 Å². The predicted molar refractivity (Wildman–Crippen MR) is 72.7 cm³/mol. The molecule has 2 saturated heterocycles. The van der Waals surface area contributed by atoms with Crippen molar-refractivity contribution in [3.05, 3.63) is 39.9 Å². The van der Waals surface area contributed by atoms with E-state index in [1.165, 1.54) is 12.8 Å². The third-order valence-electron chi connectivity index (χ3n) is 4.46. The minimum Gasteiger partial charge on any atom is -0.328 e. The maximum Gasteiger partial charge on any atom is 0.273 e. The average molecular weight is 261 g/mol. The molecule has 2 N–H and O–H groups in total. The monoisotopic (exact) mass is 261 g/mol. The van der Waals surface area contributed by atoms with Crippen LogP contribution in [0.4, 0.5) is 5.69 Å². The molecule has 0 spiro atoms. The molecule has 2 fully saturated rings. The highest BCUT2D eigenvalue weighted by Crippen LogP contribution is 2.37. The number of fused-ring (bicyclic) bond motifs is 2. The van der Waals surface area contributed by atoms with Crippen molar-refractivity contribution in [1.82, 2.24) is 4.90 Å². The van der Waals surface area contributed by atoms with Gasteiger partial charge in [0.1, 0.15) is 0 Å². The van der Waals surface area contributed by atoms with Crippen LogP contribution in [0.15, 0.2) is 24.3 Å². The van der Waals surface area contributed by atoms with Crippen molar-refractivity contribution >= 4 is 5.69 Å². The van der Waals surface area contributed by atoms with Gasteiger partial charge in [0.15, 0.2) is 0 Å². The zero-order chi connectivity index (χ0) is 13.4. The number of hydrogen-bond acceptors (Lipinski definition) is 4. The van der Waals surface area contributed by atoms with E-state index in [9.17, 15) is 10.1 Å². The Morgan fingerprint density at radius 2 is 1.89 bits per heavy atom. The molecule has 2 unspecified atom stereocenters. The number of nitrogens with zero attached hydrogens (tertiary/aromatic N) is 2. The molecular weight excluding hydrogens is 242 g/mol. The summed E-state index contributed by atoms with van der Waals surface area (Å²) >= 11 is 0. The summed E-state index contributed by atoms with van der Waals surface area (Å²) < 4.78 is 0. The van der Waals surface area contributed by atoms with E-state index in [0.29, 0.717) is 24.7 Å².